The average Bonchev–Trinajstić information content (AvgIpc) is 2.44. The van der Waals surface area contributed by atoms with Gasteiger partial charge in [0.1, 0.15) is 5.52 Å². The van der Waals surface area contributed by atoms with Crippen molar-refractivity contribution in [1.29, 1.82) is 0 Å². The second kappa shape index (κ2) is 5.50. The second-order valence-electron chi connectivity index (χ2n) is 6.22. The Balaban J connectivity index is 2.12. The molecule has 2 aromatic rings. The third-order valence-corrected chi connectivity index (χ3v) is 4.38. The number of rotatable bonds is 1. The summed E-state index contributed by atoms with van der Waals surface area (Å²) in [5, 5.41) is 0. The molecule has 1 aliphatic rings. The van der Waals surface area contributed by atoms with E-state index in [9.17, 15) is 13.2 Å². The molecule has 0 unspecified atom stereocenters. The molecule has 3 nitrogen and oxygen atoms in total. The van der Waals surface area contributed by atoms with Crippen molar-refractivity contribution in [2.45, 2.75) is 44.3 Å². The highest BCUT2D eigenvalue weighted by atomic mass is 19.4. The molecule has 118 valence electrons. The van der Waals surface area contributed by atoms with Crippen molar-refractivity contribution in [3.8, 4) is 0 Å². The van der Waals surface area contributed by atoms with Crippen LogP contribution in [0.3, 0.4) is 0 Å². The van der Waals surface area contributed by atoms with Crippen molar-refractivity contribution in [2.75, 3.05) is 0 Å². The van der Waals surface area contributed by atoms with Gasteiger partial charge in [-0.1, -0.05) is 13.0 Å². The van der Waals surface area contributed by atoms with E-state index < -0.39 is 11.7 Å². The maximum atomic E-state index is 13.1. The fourth-order valence-corrected chi connectivity index (χ4v) is 3.55. The molecule has 6 heteroatoms. The lowest BCUT2D eigenvalue weighted by Crippen LogP contribution is -2.31. The molecule has 0 spiro atoms. The molecule has 0 aliphatic heterocycles. The van der Waals surface area contributed by atoms with Crippen molar-refractivity contribution in [2.24, 2.45) is 11.7 Å². The lowest BCUT2D eigenvalue weighted by molar-refractivity contribution is -0.136. The lowest BCUT2D eigenvalue weighted by atomic mass is 9.76. The predicted molar refractivity (Wildman–Crippen MR) is 78.3 cm³/mol. The third kappa shape index (κ3) is 2.79. The van der Waals surface area contributed by atoms with Crippen LogP contribution in [0.1, 0.15) is 43.2 Å². The summed E-state index contributed by atoms with van der Waals surface area (Å²) in [6.45, 7) is 2.13. The molecule has 1 fully saturated rings. The van der Waals surface area contributed by atoms with Crippen molar-refractivity contribution < 1.29 is 13.2 Å². The monoisotopic (exact) mass is 309 g/mol. The fraction of sp³-hybridized carbons (Fsp3) is 0.500. The molecule has 1 heterocycles. The minimum absolute atomic E-state index is 0.0701. The number of nitrogens with two attached hydrogens (primary N) is 1. The van der Waals surface area contributed by atoms with Crippen LogP contribution >= 0.6 is 0 Å². The zero-order valence-electron chi connectivity index (χ0n) is 12.3. The van der Waals surface area contributed by atoms with Gasteiger partial charge in [0.05, 0.1) is 11.1 Å². The molecule has 1 aromatic heterocycles. The topological polar surface area (TPSA) is 51.8 Å². The van der Waals surface area contributed by atoms with Gasteiger partial charge in [-0.2, -0.15) is 13.2 Å². The predicted octanol–water partition coefficient (Wildman–Crippen LogP) is 3.88. The molecular formula is C16H18F3N3. The SMILES string of the molecule is C[C@@H]1C[C@H](N)C[C@H](c2ccc(C(F)(F)F)c3nccnc23)C1. The van der Waals surface area contributed by atoms with E-state index >= 15 is 0 Å². The Hall–Kier alpha value is -1.69. The molecule has 22 heavy (non-hydrogen) atoms. The molecule has 1 saturated carbocycles. The molecule has 0 bridgehead atoms. The van der Waals surface area contributed by atoms with E-state index in [1.807, 2.05) is 0 Å². The second-order valence-corrected chi connectivity index (χ2v) is 6.22. The van der Waals surface area contributed by atoms with Gasteiger partial charge in [0, 0.05) is 18.4 Å². The first-order valence-electron chi connectivity index (χ1n) is 7.42. The number of aromatic nitrogens is 2. The maximum absolute atomic E-state index is 13.1. The number of hydrogen-bond acceptors (Lipinski definition) is 3. The Labute approximate surface area is 126 Å². The summed E-state index contributed by atoms with van der Waals surface area (Å²) in [6.07, 6.45) is 0.977. The van der Waals surface area contributed by atoms with Crippen molar-refractivity contribution in [3.63, 3.8) is 0 Å². The van der Waals surface area contributed by atoms with Gasteiger partial charge in [-0.15, -0.1) is 0 Å². The van der Waals surface area contributed by atoms with Gasteiger partial charge in [0.25, 0.3) is 0 Å². The Morgan fingerprint density at radius 2 is 1.73 bits per heavy atom. The number of halogens is 3. The van der Waals surface area contributed by atoms with Gasteiger partial charge in [-0.05, 0) is 42.7 Å². The first-order chi connectivity index (χ1) is 10.4. The molecule has 0 radical (unpaired) electrons. The van der Waals surface area contributed by atoms with E-state index in [1.54, 1.807) is 6.07 Å². The van der Waals surface area contributed by atoms with E-state index in [0.29, 0.717) is 11.4 Å². The first-order valence-corrected chi connectivity index (χ1v) is 7.42. The van der Waals surface area contributed by atoms with Crippen LogP contribution in [0.5, 0.6) is 0 Å². The van der Waals surface area contributed by atoms with Gasteiger partial charge in [0.2, 0.25) is 0 Å². The summed E-state index contributed by atoms with van der Waals surface area (Å²) < 4.78 is 39.4. The Morgan fingerprint density at radius 3 is 2.36 bits per heavy atom. The summed E-state index contributed by atoms with van der Waals surface area (Å²) in [5.74, 6) is 0.600. The molecule has 2 N–H and O–H groups in total. The van der Waals surface area contributed by atoms with Gasteiger partial charge in [0.15, 0.2) is 0 Å². The zero-order valence-corrected chi connectivity index (χ0v) is 12.3. The minimum atomic E-state index is -4.43. The van der Waals surface area contributed by atoms with Gasteiger partial charge in [-0.3, -0.25) is 9.97 Å². The summed E-state index contributed by atoms with van der Waals surface area (Å²) in [6, 6.07) is 2.76. The fourth-order valence-electron chi connectivity index (χ4n) is 3.55. The van der Waals surface area contributed by atoms with Gasteiger partial charge >= 0.3 is 6.18 Å². The average molecular weight is 309 g/mol. The largest absolute Gasteiger partial charge is 0.418 e. The standard InChI is InChI=1S/C16H18F3N3/c1-9-6-10(8-11(20)7-9)12-2-3-13(16(17,18)19)15-14(12)21-4-5-22-15/h2-5,9-11H,6-8,20H2,1H3/t9-,10+,11-/m0/s1. The number of fused-ring (bicyclic) bond motifs is 1. The molecule has 0 amide bonds. The molecule has 1 aromatic carbocycles. The van der Waals surface area contributed by atoms with Crippen LogP contribution in [0.2, 0.25) is 0 Å². The highest BCUT2D eigenvalue weighted by Crippen LogP contribution is 2.40. The highest BCUT2D eigenvalue weighted by molar-refractivity contribution is 5.82. The van der Waals surface area contributed by atoms with Crippen LogP contribution in [0.25, 0.3) is 11.0 Å². The zero-order chi connectivity index (χ0) is 15.9. The smallest absolute Gasteiger partial charge is 0.328 e. The van der Waals surface area contributed by atoms with Crippen LogP contribution < -0.4 is 5.73 Å². The number of alkyl halides is 3. The van der Waals surface area contributed by atoms with Crippen LogP contribution in [0, 0.1) is 5.92 Å². The maximum Gasteiger partial charge on any atom is 0.418 e. The molecule has 3 atom stereocenters. The van der Waals surface area contributed by atoms with E-state index in [2.05, 4.69) is 16.9 Å². The molecule has 0 saturated heterocycles. The van der Waals surface area contributed by atoms with E-state index in [0.717, 1.165) is 30.9 Å². The Morgan fingerprint density at radius 1 is 1.05 bits per heavy atom. The van der Waals surface area contributed by atoms with Gasteiger partial charge < -0.3 is 5.73 Å². The Bertz CT molecular complexity index is 674. The minimum Gasteiger partial charge on any atom is -0.328 e. The van der Waals surface area contributed by atoms with E-state index in [4.69, 9.17) is 5.73 Å². The Kier molecular flexibility index (Phi) is 3.80. The molecule has 1 aliphatic carbocycles. The van der Waals surface area contributed by atoms with Crippen molar-refractivity contribution in [1.82, 2.24) is 9.97 Å². The highest BCUT2D eigenvalue weighted by Gasteiger charge is 2.35. The summed E-state index contributed by atoms with van der Waals surface area (Å²) in [5.41, 5.74) is 6.46. The normalized spacial score (nSPS) is 26.3. The number of benzene rings is 1. The van der Waals surface area contributed by atoms with Crippen molar-refractivity contribution in [3.05, 3.63) is 35.7 Å². The van der Waals surface area contributed by atoms with E-state index in [-0.39, 0.29) is 17.5 Å². The quantitative estimate of drug-likeness (QED) is 0.869. The summed E-state index contributed by atoms with van der Waals surface area (Å²) >= 11 is 0. The summed E-state index contributed by atoms with van der Waals surface area (Å²) in [7, 11) is 0. The van der Waals surface area contributed by atoms with Crippen LogP contribution in [0.15, 0.2) is 24.5 Å². The summed E-state index contributed by atoms with van der Waals surface area (Å²) in [4.78, 5) is 8.10. The van der Waals surface area contributed by atoms with Crippen LogP contribution in [-0.2, 0) is 6.18 Å². The molecule has 3 rings (SSSR count). The van der Waals surface area contributed by atoms with E-state index in [1.165, 1.54) is 12.4 Å². The first kappa shape index (κ1) is 15.2. The number of hydrogen-bond donors (Lipinski definition) is 1. The number of nitrogens with zero attached hydrogens (tertiary/aromatic N) is 2. The lowest BCUT2D eigenvalue weighted by Gasteiger charge is -2.32. The third-order valence-electron chi connectivity index (χ3n) is 4.38. The van der Waals surface area contributed by atoms with Crippen LogP contribution in [0.4, 0.5) is 13.2 Å². The van der Waals surface area contributed by atoms with Crippen molar-refractivity contribution >= 4 is 11.0 Å². The van der Waals surface area contributed by atoms with Gasteiger partial charge in [-0.25, -0.2) is 0 Å². The molecular weight excluding hydrogens is 291 g/mol. The van der Waals surface area contributed by atoms with Crippen LogP contribution in [-0.4, -0.2) is 16.0 Å².